The van der Waals surface area contributed by atoms with Crippen molar-refractivity contribution in [2.45, 2.75) is 82.2 Å². The van der Waals surface area contributed by atoms with E-state index in [1.165, 1.54) is 45.0 Å². The second-order valence-corrected chi connectivity index (χ2v) is 12.6. The molecule has 2 saturated heterocycles. The molecule has 8 N–H and O–H groups in total. The van der Waals surface area contributed by atoms with Crippen LogP contribution in [-0.2, 0) is 23.9 Å². The van der Waals surface area contributed by atoms with Crippen molar-refractivity contribution in [3.63, 3.8) is 0 Å². The molecule has 1 aromatic heterocycles. The summed E-state index contributed by atoms with van der Waals surface area (Å²) in [6.45, 7) is 4.59. The lowest BCUT2D eigenvalue weighted by Gasteiger charge is -2.38. The van der Waals surface area contributed by atoms with Crippen LogP contribution in [0.1, 0.15) is 20.8 Å². The molecule has 2 fully saturated rings. The minimum absolute atomic E-state index is 0.0246. The molecular weight excluding hydrogens is 672 g/mol. The van der Waals surface area contributed by atoms with E-state index in [2.05, 4.69) is 0 Å². The maximum absolute atomic E-state index is 13.8. The van der Waals surface area contributed by atoms with E-state index < -0.39 is 102 Å². The van der Waals surface area contributed by atoms with E-state index in [0.29, 0.717) is 0 Å². The van der Waals surface area contributed by atoms with Crippen molar-refractivity contribution >= 4 is 28.9 Å². The molecule has 18 nitrogen and oxygen atoms in total. The van der Waals surface area contributed by atoms with Crippen molar-refractivity contribution in [3.8, 4) is 28.6 Å². The van der Waals surface area contributed by atoms with Gasteiger partial charge in [-0.15, -0.1) is 0 Å². The van der Waals surface area contributed by atoms with Crippen LogP contribution in [0.15, 0.2) is 51.7 Å². The van der Waals surface area contributed by atoms with Crippen molar-refractivity contribution in [3.05, 3.63) is 52.7 Å². The number of carbonyl (C=O) groups excluding carboxylic acids is 1. The molecule has 0 bridgehead atoms. The van der Waals surface area contributed by atoms with Crippen molar-refractivity contribution < 1.29 is 83.3 Å². The molecule has 2 aromatic carbocycles. The van der Waals surface area contributed by atoms with Crippen LogP contribution >= 0.6 is 0 Å². The molecule has 18 heteroatoms. The fourth-order valence-electron chi connectivity index (χ4n) is 5.04. The number of rotatable bonds is 8. The summed E-state index contributed by atoms with van der Waals surface area (Å²) in [5, 5.41) is 80.7. The van der Waals surface area contributed by atoms with Crippen LogP contribution in [0.3, 0.4) is 0 Å². The van der Waals surface area contributed by atoms with Gasteiger partial charge < -0.3 is 69.0 Å². The van der Waals surface area contributed by atoms with Crippen LogP contribution in [0.4, 0.5) is 0 Å². The van der Waals surface area contributed by atoms with E-state index in [1.54, 1.807) is 6.07 Å². The first-order valence-electron chi connectivity index (χ1n) is 15.0. The normalized spacial score (nSPS) is 30.0. The monoisotopic (exact) mass is 706 g/mol. The van der Waals surface area contributed by atoms with E-state index in [1.807, 2.05) is 0 Å². The summed E-state index contributed by atoms with van der Waals surface area (Å²) < 4.78 is 33.3. The molecular formula is C32H34O18. The van der Waals surface area contributed by atoms with Crippen molar-refractivity contribution in [1.29, 1.82) is 0 Å². The van der Waals surface area contributed by atoms with Crippen LogP contribution in [0, 0.1) is 5.41 Å². The van der Waals surface area contributed by atoms with E-state index in [4.69, 9.17) is 28.1 Å². The van der Waals surface area contributed by atoms with Gasteiger partial charge in [0.25, 0.3) is 0 Å². The predicted molar refractivity (Wildman–Crippen MR) is 163 cm³/mol. The summed E-state index contributed by atoms with van der Waals surface area (Å²) in [6.07, 6.45) is -20.2. The highest BCUT2D eigenvalue weighted by Gasteiger charge is 2.50. The fourth-order valence-corrected chi connectivity index (χ4v) is 5.04. The Bertz CT molecular complexity index is 1830. The zero-order chi connectivity index (χ0) is 36.8. The summed E-state index contributed by atoms with van der Waals surface area (Å²) in [5.41, 5.74) is -1.97. The smallest absolute Gasteiger partial charge is 0.335 e. The summed E-state index contributed by atoms with van der Waals surface area (Å²) in [7, 11) is 0. The maximum atomic E-state index is 13.8. The van der Waals surface area contributed by atoms with Crippen LogP contribution in [0.2, 0.25) is 0 Å². The molecule has 0 saturated carbocycles. The molecule has 50 heavy (non-hydrogen) atoms. The van der Waals surface area contributed by atoms with Gasteiger partial charge >= 0.3 is 17.9 Å². The molecule has 0 aliphatic carbocycles. The van der Waals surface area contributed by atoms with Gasteiger partial charge in [-0.3, -0.25) is 9.59 Å². The number of fused-ring (bicyclic) bond motifs is 1. The number of esters is 1. The number of hydrogen-bond acceptors (Lipinski definition) is 16. The minimum Gasteiger partial charge on any atom is -0.479 e. The zero-order valence-electron chi connectivity index (χ0n) is 26.5. The van der Waals surface area contributed by atoms with Crippen LogP contribution in [0.25, 0.3) is 22.3 Å². The molecule has 0 unspecified atom stereocenters. The number of benzene rings is 2. The van der Waals surface area contributed by atoms with Crippen LogP contribution < -0.4 is 19.6 Å². The minimum atomic E-state index is -2.07. The topological polar surface area (TPSA) is 289 Å². The number of aliphatic carboxylic acids is 2. The molecule has 2 aliphatic rings. The van der Waals surface area contributed by atoms with Gasteiger partial charge in [-0.2, -0.15) is 0 Å². The van der Waals surface area contributed by atoms with Gasteiger partial charge in [0.15, 0.2) is 29.5 Å². The molecule has 3 aromatic rings. The van der Waals surface area contributed by atoms with Gasteiger partial charge in [0.2, 0.25) is 23.8 Å². The number of carbonyl (C=O) groups is 3. The average molecular weight is 707 g/mol. The highest BCUT2D eigenvalue weighted by Crippen LogP contribution is 2.40. The highest BCUT2D eigenvalue weighted by atomic mass is 16.7. The van der Waals surface area contributed by atoms with Crippen LogP contribution in [-0.4, -0.2) is 120 Å². The van der Waals surface area contributed by atoms with Crippen molar-refractivity contribution in [2.75, 3.05) is 0 Å². The largest absolute Gasteiger partial charge is 0.479 e. The van der Waals surface area contributed by atoms with Gasteiger partial charge in [-0.25, -0.2) is 9.59 Å². The van der Waals surface area contributed by atoms with Gasteiger partial charge in [-0.05, 0) is 51.1 Å². The number of ether oxygens (including phenoxy) is 5. The summed E-state index contributed by atoms with van der Waals surface area (Å²) in [6, 6.07) is 9.41. The van der Waals surface area contributed by atoms with E-state index in [9.17, 15) is 60.0 Å². The number of carboxylic acid groups (broad SMARTS) is 2. The lowest BCUT2D eigenvalue weighted by Crippen LogP contribution is -2.61. The average Bonchev–Trinajstić information content (AvgIpc) is 3.06. The Kier molecular flexibility index (Phi) is 10.2. The summed E-state index contributed by atoms with van der Waals surface area (Å²) >= 11 is 0. The van der Waals surface area contributed by atoms with Gasteiger partial charge in [0.05, 0.1) is 10.8 Å². The fraction of sp³-hybridized carbons (Fsp3) is 0.438. The molecule has 10 atom stereocenters. The number of aliphatic hydroxyl groups excluding tert-OH is 6. The lowest BCUT2D eigenvalue weighted by molar-refractivity contribution is -0.271. The second kappa shape index (κ2) is 13.9. The summed E-state index contributed by atoms with van der Waals surface area (Å²) in [4.78, 5) is 50.1. The first kappa shape index (κ1) is 36.6. The second-order valence-electron chi connectivity index (χ2n) is 12.6. The molecule has 5 rings (SSSR count). The Hall–Kier alpha value is -4.66. The quantitative estimate of drug-likeness (QED) is 0.102. The standard InChI is InChI=1S/C32H34O18/c1-32(2,3)31(44)47-15-10-11(8-9-14(15)46-29-21(38)17(34)19(36)25(49-29)27(40)41)23-24(16(33)12-6-4-5-7-13(12)45-23)48-30-22(39)18(35)20(37)26(50-30)28(42)43/h4-10,17-22,25-26,29-30,34-39H,1-3H3,(H,40,41)(H,42,43)/t17-,18-,19-,20-,21+,22+,25-,26-,29+,30+/m1/s1. The van der Waals surface area contributed by atoms with Crippen molar-refractivity contribution in [1.82, 2.24) is 0 Å². The maximum Gasteiger partial charge on any atom is 0.335 e. The lowest BCUT2D eigenvalue weighted by atomic mass is 9.97. The number of para-hydroxylation sites is 1. The Labute approximate surface area is 281 Å². The molecule has 2 aliphatic heterocycles. The van der Waals surface area contributed by atoms with Crippen molar-refractivity contribution in [2.24, 2.45) is 5.41 Å². The number of carboxylic acids is 2. The number of hydrogen-bond donors (Lipinski definition) is 8. The molecule has 3 heterocycles. The van der Waals surface area contributed by atoms with E-state index in [0.717, 1.165) is 12.1 Å². The predicted octanol–water partition coefficient (Wildman–Crippen LogP) is -1.05. The molecule has 270 valence electrons. The Morgan fingerprint density at radius 3 is 1.78 bits per heavy atom. The third-order valence-corrected chi connectivity index (χ3v) is 7.88. The Morgan fingerprint density at radius 2 is 1.24 bits per heavy atom. The first-order chi connectivity index (χ1) is 23.4. The van der Waals surface area contributed by atoms with E-state index in [-0.39, 0.29) is 28.0 Å². The van der Waals surface area contributed by atoms with Gasteiger partial charge in [-0.1, -0.05) is 12.1 Å². The van der Waals surface area contributed by atoms with Gasteiger partial charge in [0.1, 0.15) is 42.2 Å². The van der Waals surface area contributed by atoms with E-state index >= 15 is 0 Å². The van der Waals surface area contributed by atoms with Gasteiger partial charge in [0, 0.05) is 5.56 Å². The molecule has 0 spiro atoms. The first-order valence-corrected chi connectivity index (χ1v) is 15.0. The van der Waals surface area contributed by atoms with Crippen LogP contribution in [0.5, 0.6) is 17.2 Å². The summed E-state index contributed by atoms with van der Waals surface area (Å²) in [5.74, 6) is -5.97. The highest BCUT2D eigenvalue weighted by molar-refractivity contribution is 5.83. The third-order valence-electron chi connectivity index (χ3n) is 7.88. The zero-order valence-corrected chi connectivity index (χ0v) is 26.5. The Morgan fingerprint density at radius 1 is 0.700 bits per heavy atom. The Balaban J connectivity index is 1.62. The number of aliphatic hydroxyl groups is 6. The third kappa shape index (κ3) is 7.00. The molecule has 0 radical (unpaired) electrons. The SMILES string of the molecule is CC(C)(C)C(=O)Oc1cc(-c2oc3ccccc3c(=O)c2O[C@H]2O[C@@H](C(=O)O)[C@H](O)[C@@H](O)[C@@H]2O)ccc1O[C@H]1O[C@@H](C(=O)O)[C@H](O)[C@@H](O)[C@@H]1O. The molecule has 0 amide bonds.